The Morgan fingerprint density at radius 2 is 1.86 bits per heavy atom. The molecular formula is C24H23N9O2. The zero-order chi connectivity index (χ0) is 23.4. The van der Waals surface area contributed by atoms with E-state index >= 15 is 0 Å². The van der Waals surface area contributed by atoms with Gasteiger partial charge >= 0.3 is 0 Å². The Kier molecular flexibility index (Phi) is 4.45. The first-order chi connectivity index (χ1) is 17.2. The van der Waals surface area contributed by atoms with Crippen molar-refractivity contribution in [3.63, 3.8) is 0 Å². The number of nitrogens with one attached hydrogen (secondary N) is 2. The Hall–Kier alpha value is -4.15. The summed E-state index contributed by atoms with van der Waals surface area (Å²) >= 11 is 0. The van der Waals surface area contributed by atoms with Crippen molar-refractivity contribution in [3.05, 3.63) is 65.1 Å². The lowest BCUT2D eigenvalue weighted by Crippen LogP contribution is -2.42. The van der Waals surface area contributed by atoms with E-state index in [2.05, 4.69) is 65.2 Å². The van der Waals surface area contributed by atoms with Gasteiger partial charge in [-0.15, -0.1) is 15.3 Å². The summed E-state index contributed by atoms with van der Waals surface area (Å²) in [4.78, 5) is 24.1. The lowest BCUT2D eigenvalue weighted by molar-refractivity contribution is -0.135. The van der Waals surface area contributed by atoms with E-state index in [1.165, 1.54) is 11.1 Å². The molecule has 0 unspecified atom stereocenters. The number of H-pyrrole nitrogens is 1. The van der Waals surface area contributed by atoms with Crippen molar-refractivity contribution in [1.82, 2.24) is 40.5 Å². The molecule has 11 nitrogen and oxygen atoms in total. The monoisotopic (exact) mass is 469 g/mol. The van der Waals surface area contributed by atoms with E-state index in [4.69, 9.17) is 4.42 Å². The molecule has 1 saturated carbocycles. The van der Waals surface area contributed by atoms with Gasteiger partial charge in [0, 0.05) is 31.4 Å². The van der Waals surface area contributed by atoms with Crippen LogP contribution in [0.1, 0.15) is 41.2 Å². The predicted octanol–water partition coefficient (Wildman–Crippen LogP) is 1.84. The van der Waals surface area contributed by atoms with E-state index in [0.717, 1.165) is 24.2 Å². The molecule has 3 aromatic heterocycles. The molecule has 1 aliphatic heterocycles. The summed E-state index contributed by atoms with van der Waals surface area (Å²) in [5.41, 5.74) is 4.43. The van der Waals surface area contributed by atoms with Gasteiger partial charge < -0.3 is 14.6 Å². The maximum Gasteiger partial charge on any atom is 0.250 e. The number of rotatable bonds is 5. The fourth-order valence-electron chi connectivity index (χ4n) is 5.11. The Morgan fingerprint density at radius 3 is 2.60 bits per heavy atom. The summed E-state index contributed by atoms with van der Waals surface area (Å²) in [5.74, 6) is 1.25. The topological polar surface area (TPSA) is 139 Å². The van der Waals surface area contributed by atoms with E-state index in [1.54, 1.807) is 12.4 Å². The largest absolute Gasteiger partial charge is 0.419 e. The minimum atomic E-state index is -0.744. The molecule has 11 heteroatoms. The Morgan fingerprint density at radius 1 is 1.09 bits per heavy atom. The van der Waals surface area contributed by atoms with Crippen LogP contribution in [0.3, 0.4) is 0 Å². The van der Waals surface area contributed by atoms with Gasteiger partial charge in [0.25, 0.3) is 5.89 Å². The van der Waals surface area contributed by atoms with Crippen molar-refractivity contribution in [2.24, 2.45) is 0 Å². The molecule has 7 rings (SSSR count). The van der Waals surface area contributed by atoms with Crippen molar-refractivity contribution < 1.29 is 9.21 Å². The second-order valence-electron chi connectivity index (χ2n) is 9.52. The van der Waals surface area contributed by atoms with Gasteiger partial charge in [-0.1, -0.05) is 29.5 Å². The molecule has 176 valence electrons. The molecule has 1 amide bonds. The van der Waals surface area contributed by atoms with Gasteiger partial charge in [0.15, 0.2) is 0 Å². The SMILES string of the molecule is O=C(N1CCc2[nH]nnc2C1)C1(c2nnc(-c3cnc(NC4Cc5ccccc5C4)nc3)o2)CC1. The van der Waals surface area contributed by atoms with Crippen LogP contribution in [0.4, 0.5) is 5.95 Å². The van der Waals surface area contributed by atoms with Crippen LogP contribution in [0, 0.1) is 0 Å². The van der Waals surface area contributed by atoms with Crippen LogP contribution in [-0.2, 0) is 36.0 Å². The molecule has 0 radical (unpaired) electrons. The summed E-state index contributed by atoms with van der Waals surface area (Å²) in [6.45, 7) is 1.06. The first kappa shape index (κ1) is 20.2. The Balaban J connectivity index is 1.04. The fourth-order valence-corrected chi connectivity index (χ4v) is 5.11. The van der Waals surface area contributed by atoms with Crippen LogP contribution in [-0.4, -0.2) is 59.0 Å². The summed E-state index contributed by atoms with van der Waals surface area (Å²) in [6.07, 6.45) is 7.36. The number of hydrogen-bond acceptors (Lipinski definition) is 9. The number of amides is 1. The van der Waals surface area contributed by atoms with E-state index in [-0.39, 0.29) is 11.9 Å². The number of benzene rings is 1. The van der Waals surface area contributed by atoms with Gasteiger partial charge in [0.05, 0.1) is 17.8 Å². The highest BCUT2D eigenvalue weighted by atomic mass is 16.4. The van der Waals surface area contributed by atoms with Crippen LogP contribution in [0.2, 0.25) is 0 Å². The third-order valence-electron chi connectivity index (χ3n) is 7.24. The van der Waals surface area contributed by atoms with Gasteiger partial charge in [-0.3, -0.25) is 9.89 Å². The molecule has 0 bridgehead atoms. The van der Waals surface area contributed by atoms with E-state index in [9.17, 15) is 4.79 Å². The zero-order valence-corrected chi connectivity index (χ0v) is 18.9. The quantitative estimate of drug-likeness (QED) is 0.448. The highest BCUT2D eigenvalue weighted by molar-refractivity contribution is 5.90. The van der Waals surface area contributed by atoms with Crippen molar-refractivity contribution in [2.45, 2.75) is 50.1 Å². The molecule has 0 spiro atoms. The number of fused-ring (bicyclic) bond motifs is 2. The third-order valence-corrected chi connectivity index (χ3v) is 7.24. The maximum atomic E-state index is 13.4. The standard InChI is InChI=1S/C24H23N9O2/c34-22(33-8-5-18-19(13-33)29-32-28-18)24(6-7-24)21-31-30-20(35-21)16-11-25-23(26-12-16)27-17-9-14-3-1-2-4-15(14)10-17/h1-4,11-12,17H,5-10,13H2,(H,25,26,27)(H,28,29,32). The average Bonchev–Trinajstić information content (AvgIpc) is 3.23. The van der Waals surface area contributed by atoms with E-state index in [0.29, 0.717) is 55.6 Å². The van der Waals surface area contributed by atoms with Crippen LogP contribution in [0.25, 0.3) is 11.5 Å². The number of carbonyl (C=O) groups is 1. The van der Waals surface area contributed by atoms with E-state index in [1.807, 2.05) is 4.90 Å². The second kappa shape index (κ2) is 7.69. The smallest absolute Gasteiger partial charge is 0.250 e. The summed E-state index contributed by atoms with van der Waals surface area (Å²) < 4.78 is 5.97. The summed E-state index contributed by atoms with van der Waals surface area (Å²) in [7, 11) is 0. The van der Waals surface area contributed by atoms with Crippen LogP contribution in [0.5, 0.6) is 0 Å². The molecule has 4 aromatic rings. The average molecular weight is 470 g/mol. The fraction of sp³-hybridized carbons (Fsp3) is 0.375. The zero-order valence-electron chi connectivity index (χ0n) is 18.9. The highest BCUT2D eigenvalue weighted by Gasteiger charge is 2.58. The number of anilines is 1. The first-order valence-corrected chi connectivity index (χ1v) is 11.9. The molecule has 1 aromatic carbocycles. The van der Waals surface area contributed by atoms with Crippen LogP contribution < -0.4 is 5.32 Å². The molecule has 4 heterocycles. The van der Waals surface area contributed by atoms with Gasteiger partial charge in [0.1, 0.15) is 11.1 Å². The van der Waals surface area contributed by atoms with Crippen molar-refractivity contribution in [1.29, 1.82) is 0 Å². The normalized spacial score (nSPS) is 18.2. The number of nitrogens with zero attached hydrogens (tertiary/aromatic N) is 7. The van der Waals surface area contributed by atoms with Crippen LogP contribution >= 0.6 is 0 Å². The van der Waals surface area contributed by atoms with Gasteiger partial charge in [-0.2, -0.15) is 0 Å². The number of carbonyl (C=O) groups excluding carboxylic acids is 1. The minimum Gasteiger partial charge on any atom is -0.419 e. The summed E-state index contributed by atoms with van der Waals surface area (Å²) in [5, 5.41) is 22.7. The Labute approximate surface area is 200 Å². The lowest BCUT2D eigenvalue weighted by atomic mass is 10.0. The van der Waals surface area contributed by atoms with E-state index < -0.39 is 5.41 Å². The van der Waals surface area contributed by atoms with Crippen molar-refractivity contribution in [2.75, 3.05) is 11.9 Å². The minimum absolute atomic E-state index is 0.00899. The first-order valence-electron chi connectivity index (χ1n) is 11.9. The third kappa shape index (κ3) is 3.46. The van der Waals surface area contributed by atoms with Gasteiger partial charge in [-0.25, -0.2) is 9.97 Å². The number of aromatic nitrogens is 7. The number of hydrogen-bond donors (Lipinski definition) is 2. The van der Waals surface area contributed by atoms with Crippen molar-refractivity contribution in [3.8, 4) is 11.5 Å². The maximum absolute atomic E-state index is 13.4. The molecule has 0 atom stereocenters. The molecule has 2 N–H and O–H groups in total. The number of aromatic amines is 1. The second-order valence-corrected chi connectivity index (χ2v) is 9.52. The molecule has 3 aliphatic rings. The molecular weight excluding hydrogens is 446 g/mol. The van der Waals surface area contributed by atoms with Crippen molar-refractivity contribution >= 4 is 11.9 Å². The summed E-state index contributed by atoms with van der Waals surface area (Å²) in [6, 6.07) is 8.76. The molecule has 35 heavy (non-hydrogen) atoms. The predicted molar refractivity (Wildman–Crippen MR) is 123 cm³/mol. The molecule has 0 saturated heterocycles. The highest BCUT2D eigenvalue weighted by Crippen LogP contribution is 2.49. The van der Waals surface area contributed by atoms with Gasteiger partial charge in [0.2, 0.25) is 17.7 Å². The Bertz CT molecular complexity index is 1380. The molecule has 1 fully saturated rings. The lowest BCUT2D eigenvalue weighted by Gasteiger charge is -2.28. The van der Waals surface area contributed by atoms with Gasteiger partial charge in [-0.05, 0) is 36.8 Å². The van der Waals surface area contributed by atoms with Crippen LogP contribution in [0.15, 0.2) is 41.1 Å². The molecule has 2 aliphatic carbocycles.